The lowest BCUT2D eigenvalue weighted by Gasteiger charge is -2.29. The molecule has 0 aromatic rings. The van der Waals surface area contributed by atoms with Crippen LogP contribution in [0.15, 0.2) is 0 Å². The van der Waals surface area contributed by atoms with Gasteiger partial charge in [-0.05, 0) is 6.92 Å². The number of nitrogens with zero attached hydrogens (tertiary/aromatic N) is 2. The molecular weight excluding hydrogens is 198 g/mol. The first-order chi connectivity index (χ1) is 6.65. The Kier molecular flexibility index (Phi) is 3.83. The van der Waals surface area contributed by atoms with Gasteiger partial charge in [0.15, 0.2) is 0 Å². The summed E-state index contributed by atoms with van der Waals surface area (Å²) in [5.41, 5.74) is 3.29. The van der Waals surface area contributed by atoms with Gasteiger partial charge in [-0.25, -0.2) is 0 Å². The number of hydrogen-bond donors (Lipinski definition) is 1. The zero-order valence-electron chi connectivity index (χ0n) is 9.70. The Labute approximate surface area is 89.0 Å². The Morgan fingerprint density at radius 1 is 0.933 bits per heavy atom. The summed E-state index contributed by atoms with van der Waals surface area (Å²) in [6.45, 7) is 1.24. The largest absolute Gasteiger partial charge is 0.368 e. The number of carbonyl (C=O) groups is 3. The molecule has 0 saturated carbocycles. The Hall–Kier alpha value is -1.59. The summed E-state index contributed by atoms with van der Waals surface area (Å²) in [6.07, 6.45) is 0. The first-order valence-corrected chi connectivity index (χ1v) is 4.39. The highest BCUT2D eigenvalue weighted by molar-refractivity contribution is 6.21. The van der Waals surface area contributed by atoms with E-state index in [4.69, 9.17) is 5.73 Å². The van der Waals surface area contributed by atoms with Gasteiger partial charge in [0.05, 0.1) is 0 Å². The summed E-state index contributed by atoms with van der Waals surface area (Å²) < 4.78 is 0. The van der Waals surface area contributed by atoms with Gasteiger partial charge in [-0.2, -0.15) is 0 Å². The van der Waals surface area contributed by atoms with Gasteiger partial charge >= 0.3 is 0 Å². The van der Waals surface area contributed by atoms with Gasteiger partial charge < -0.3 is 15.5 Å². The maximum atomic E-state index is 11.7. The lowest BCUT2D eigenvalue weighted by molar-refractivity contribution is -0.157. The van der Waals surface area contributed by atoms with Crippen molar-refractivity contribution in [1.29, 1.82) is 0 Å². The molecule has 0 unspecified atom stereocenters. The Morgan fingerprint density at radius 3 is 1.33 bits per heavy atom. The van der Waals surface area contributed by atoms with Crippen LogP contribution < -0.4 is 5.73 Å². The zero-order valence-corrected chi connectivity index (χ0v) is 9.70. The molecule has 6 heteroatoms. The third-order valence-corrected chi connectivity index (χ3v) is 2.16. The van der Waals surface area contributed by atoms with Gasteiger partial charge in [0.1, 0.15) is 0 Å². The van der Waals surface area contributed by atoms with Crippen molar-refractivity contribution in [2.45, 2.75) is 6.92 Å². The lowest BCUT2D eigenvalue weighted by atomic mass is 9.86. The van der Waals surface area contributed by atoms with Crippen LogP contribution in [0.2, 0.25) is 0 Å². The maximum absolute atomic E-state index is 11.7. The molecule has 0 rings (SSSR count). The van der Waals surface area contributed by atoms with Crippen molar-refractivity contribution in [2.24, 2.45) is 11.1 Å². The molecule has 0 heterocycles. The first-order valence-electron chi connectivity index (χ1n) is 4.39. The number of carbonyl (C=O) groups excluding carboxylic acids is 3. The number of rotatable bonds is 3. The van der Waals surface area contributed by atoms with Crippen LogP contribution in [0.4, 0.5) is 0 Å². The van der Waals surface area contributed by atoms with Crippen molar-refractivity contribution in [3.8, 4) is 0 Å². The van der Waals surface area contributed by atoms with Crippen LogP contribution in [0.5, 0.6) is 0 Å². The van der Waals surface area contributed by atoms with Crippen molar-refractivity contribution >= 4 is 17.7 Å². The van der Waals surface area contributed by atoms with Crippen molar-refractivity contribution in [2.75, 3.05) is 28.2 Å². The summed E-state index contributed by atoms with van der Waals surface area (Å²) in [5, 5.41) is 0. The standard InChI is InChI=1S/C9H17N3O3/c1-9(6(10)13,7(14)11(2)3)8(15)12(4)5/h1-5H3,(H2,10,13). The van der Waals surface area contributed by atoms with Crippen LogP contribution in [-0.4, -0.2) is 55.7 Å². The molecule has 0 aromatic heterocycles. The minimum Gasteiger partial charge on any atom is -0.368 e. The normalized spacial score (nSPS) is 10.7. The number of primary amides is 1. The van der Waals surface area contributed by atoms with Crippen LogP contribution in [0.3, 0.4) is 0 Å². The minimum atomic E-state index is -1.83. The Balaban J connectivity index is 5.35. The van der Waals surface area contributed by atoms with Crippen LogP contribution in [0.1, 0.15) is 6.92 Å². The van der Waals surface area contributed by atoms with Crippen LogP contribution in [0.25, 0.3) is 0 Å². The SMILES string of the molecule is CN(C)C(=O)C(C)(C(N)=O)C(=O)N(C)C. The van der Waals surface area contributed by atoms with Crippen molar-refractivity contribution in [3.05, 3.63) is 0 Å². The molecule has 0 fully saturated rings. The monoisotopic (exact) mass is 215 g/mol. The van der Waals surface area contributed by atoms with Gasteiger partial charge in [-0.15, -0.1) is 0 Å². The van der Waals surface area contributed by atoms with E-state index in [1.807, 2.05) is 0 Å². The molecule has 86 valence electrons. The fraction of sp³-hybridized carbons (Fsp3) is 0.667. The van der Waals surface area contributed by atoms with E-state index in [2.05, 4.69) is 0 Å². The van der Waals surface area contributed by atoms with E-state index in [9.17, 15) is 14.4 Å². The van der Waals surface area contributed by atoms with E-state index < -0.39 is 23.1 Å². The average Bonchev–Trinajstić information content (AvgIpc) is 2.13. The van der Waals surface area contributed by atoms with E-state index >= 15 is 0 Å². The molecule has 0 aliphatic rings. The molecular formula is C9H17N3O3. The number of hydrogen-bond acceptors (Lipinski definition) is 3. The minimum absolute atomic E-state index is 0.617. The smallest absolute Gasteiger partial charge is 0.247 e. The molecule has 3 amide bonds. The number of amides is 3. The molecule has 0 saturated heterocycles. The molecule has 0 aliphatic carbocycles. The highest BCUT2D eigenvalue weighted by Crippen LogP contribution is 2.20. The quantitative estimate of drug-likeness (QED) is 0.591. The third-order valence-electron chi connectivity index (χ3n) is 2.16. The van der Waals surface area contributed by atoms with Crippen molar-refractivity contribution < 1.29 is 14.4 Å². The van der Waals surface area contributed by atoms with Crippen LogP contribution >= 0.6 is 0 Å². The molecule has 0 aliphatic heterocycles. The molecule has 0 spiro atoms. The van der Waals surface area contributed by atoms with Gasteiger partial charge in [-0.1, -0.05) is 0 Å². The average molecular weight is 215 g/mol. The second-order valence-corrected chi connectivity index (χ2v) is 3.89. The first kappa shape index (κ1) is 13.4. The van der Waals surface area contributed by atoms with Gasteiger partial charge in [0.2, 0.25) is 23.1 Å². The van der Waals surface area contributed by atoms with E-state index in [0.717, 1.165) is 0 Å². The summed E-state index contributed by atoms with van der Waals surface area (Å²) in [7, 11) is 5.86. The molecule has 0 aromatic carbocycles. The van der Waals surface area contributed by atoms with Crippen LogP contribution in [-0.2, 0) is 14.4 Å². The highest BCUT2D eigenvalue weighted by atomic mass is 16.2. The summed E-state index contributed by atoms with van der Waals surface area (Å²) >= 11 is 0. The fourth-order valence-corrected chi connectivity index (χ4v) is 1.20. The second kappa shape index (κ2) is 4.29. The summed E-state index contributed by atoms with van der Waals surface area (Å²) in [5.74, 6) is -2.18. The molecule has 15 heavy (non-hydrogen) atoms. The van der Waals surface area contributed by atoms with E-state index in [1.54, 1.807) is 0 Å². The zero-order chi connectivity index (χ0) is 12.4. The Morgan fingerprint density at radius 2 is 1.20 bits per heavy atom. The van der Waals surface area contributed by atoms with Crippen LogP contribution in [0, 0.1) is 5.41 Å². The topological polar surface area (TPSA) is 83.7 Å². The highest BCUT2D eigenvalue weighted by Gasteiger charge is 2.48. The van der Waals surface area contributed by atoms with E-state index in [-0.39, 0.29) is 0 Å². The second-order valence-electron chi connectivity index (χ2n) is 3.89. The predicted octanol–water partition coefficient (Wildman–Crippen LogP) is -1.35. The van der Waals surface area contributed by atoms with Gasteiger partial charge in [0.25, 0.3) is 0 Å². The number of nitrogens with two attached hydrogens (primary N) is 1. The summed E-state index contributed by atoms with van der Waals surface area (Å²) in [4.78, 5) is 37.0. The fourth-order valence-electron chi connectivity index (χ4n) is 1.20. The van der Waals surface area contributed by atoms with Gasteiger partial charge in [-0.3, -0.25) is 14.4 Å². The molecule has 6 nitrogen and oxygen atoms in total. The molecule has 0 radical (unpaired) electrons. The summed E-state index contributed by atoms with van der Waals surface area (Å²) in [6, 6.07) is 0. The van der Waals surface area contributed by atoms with Crippen molar-refractivity contribution in [3.63, 3.8) is 0 Å². The van der Waals surface area contributed by atoms with E-state index in [1.165, 1.54) is 44.9 Å². The lowest BCUT2D eigenvalue weighted by Crippen LogP contribution is -2.56. The molecule has 0 atom stereocenters. The maximum Gasteiger partial charge on any atom is 0.247 e. The Bertz CT molecular complexity index is 277. The van der Waals surface area contributed by atoms with Gasteiger partial charge in [0, 0.05) is 28.2 Å². The van der Waals surface area contributed by atoms with E-state index in [0.29, 0.717) is 0 Å². The predicted molar refractivity (Wildman–Crippen MR) is 54.7 cm³/mol. The van der Waals surface area contributed by atoms with Crippen molar-refractivity contribution in [1.82, 2.24) is 9.80 Å². The molecule has 2 N–H and O–H groups in total. The third kappa shape index (κ3) is 2.26. The molecule has 0 bridgehead atoms.